The van der Waals surface area contributed by atoms with Crippen molar-refractivity contribution in [2.75, 3.05) is 0 Å². The topological polar surface area (TPSA) is 29.1 Å². The van der Waals surface area contributed by atoms with Crippen LogP contribution in [0.5, 0.6) is 0 Å². The number of rotatable bonds is 7. The Morgan fingerprint density at radius 2 is 2.00 bits per heavy atom. The first kappa shape index (κ1) is 13.2. The molecule has 0 saturated carbocycles. The first-order valence-electron chi connectivity index (χ1n) is 5.58. The largest absolute Gasteiger partial charge is 0.350 e. The third-order valence-corrected chi connectivity index (χ3v) is 2.37. The minimum atomic E-state index is -0.00616. The monoisotopic (exact) mass is 197 g/mol. The van der Waals surface area contributed by atoms with E-state index >= 15 is 0 Å². The number of carbonyl (C=O) groups is 1. The van der Waals surface area contributed by atoms with Crippen molar-refractivity contribution < 1.29 is 4.79 Å². The highest BCUT2D eigenvalue weighted by atomic mass is 16.1. The normalized spacial score (nSPS) is 12.2. The molecule has 14 heavy (non-hydrogen) atoms. The summed E-state index contributed by atoms with van der Waals surface area (Å²) in [6.07, 6.45) is 5.77. The summed E-state index contributed by atoms with van der Waals surface area (Å²) in [6.45, 7) is 9.67. The van der Waals surface area contributed by atoms with E-state index in [1.165, 1.54) is 19.3 Å². The molecule has 0 aromatic carbocycles. The quantitative estimate of drug-likeness (QED) is 0.493. The second-order valence-electron chi connectivity index (χ2n) is 3.85. The second-order valence-corrected chi connectivity index (χ2v) is 3.85. The summed E-state index contributed by atoms with van der Waals surface area (Å²) >= 11 is 0. The van der Waals surface area contributed by atoms with Crippen LogP contribution in [0.3, 0.4) is 0 Å². The molecule has 1 amide bonds. The second kappa shape index (κ2) is 7.60. The summed E-state index contributed by atoms with van der Waals surface area (Å²) in [6, 6.07) is 0.325. The average Bonchev–Trinajstić information content (AvgIpc) is 2.16. The molecule has 1 unspecified atom stereocenters. The summed E-state index contributed by atoms with van der Waals surface area (Å²) in [5, 5.41) is 2.99. The van der Waals surface area contributed by atoms with Gasteiger partial charge in [0.2, 0.25) is 5.91 Å². The van der Waals surface area contributed by atoms with E-state index in [1.807, 2.05) is 0 Å². The summed E-state index contributed by atoms with van der Waals surface area (Å²) in [5.41, 5.74) is 0.596. The van der Waals surface area contributed by atoms with Gasteiger partial charge in [-0.1, -0.05) is 39.7 Å². The zero-order valence-electron chi connectivity index (χ0n) is 9.73. The lowest BCUT2D eigenvalue weighted by atomic mass is 10.1. The van der Waals surface area contributed by atoms with Gasteiger partial charge in [-0.25, -0.2) is 0 Å². The first-order chi connectivity index (χ1) is 6.61. The van der Waals surface area contributed by atoms with E-state index < -0.39 is 0 Å². The molecule has 0 aromatic heterocycles. The summed E-state index contributed by atoms with van der Waals surface area (Å²) in [7, 11) is 0. The van der Waals surface area contributed by atoms with Gasteiger partial charge in [0, 0.05) is 11.6 Å². The Morgan fingerprint density at radius 1 is 1.36 bits per heavy atom. The van der Waals surface area contributed by atoms with E-state index in [0.29, 0.717) is 11.6 Å². The predicted octanol–water partition coefficient (Wildman–Crippen LogP) is 3.04. The number of carbonyl (C=O) groups excluding carboxylic acids is 1. The van der Waals surface area contributed by atoms with Crippen molar-refractivity contribution in [3.8, 4) is 0 Å². The van der Waals surface area contributed by atoms with Crippen LogP contribution < -0.4 is 5.32 Å². The molecule has 0 aromatic rings. The fraction of sp³-hybridized carbons (Fsp3) is 0.750. The van der Waals surface area contributed by atoms with Gasteiger partial charge < -0.3 is 5.32 Å². The number of nitrogens with one attached hydrogen (secondary N) is 1. The van der Waals surface area contributed by atoms with Gasteiger partial charge in [-0.3, -0.25) is 4.79 Å². The summed E-state index contributed by atoms with van der Waals surface area (Å²) < 4.78 is 0. The maximum Gasteiger partial charge on any atom is 0.246 e. The van der Waals surface area contributed by atoms with Crippen LogP contribution in [0.1, 0.15) is 52.9 Å². The van der Waals surface area contributed by atoms with E-state index in [0.717, 1.165) is 12.8 Å². The Kier molecular flexibility index (Phi) is 7.17. The maximum absolute atomic E-state index is 11.3. The third kappa shape index (κ3) is 5.79. The van der Waals surface area contributed by atoms with E-state index in [1.54, 1.807) is 6.92 Å². The molecule has 0 rings (SSSR count). The highest BCUT2D eigenvalue weighted by Gasteiger charge is 2.09. The molecule has 0 aliphatic heterocycles. The van der Waals surface area contributed by atoms with Crippen molar-refractivity contribution in [1.29, 1.82) is 0 Å². The molecule has 0 radical (unpaired) electrons. The van der Waals surface area contributed by atoms with Gasteiger partial charge in [-0.2, -0.15) is 0 Å². The van der Waals surface area contributed by atoms with Crippen LogP contribution in [-0.4, -0.2) is 11.9 Å². The molecular weight excluding hydrogens is 174 g/mol. The molecule has 0 aliphatic rings. The molecule has 0 fully saturated rings. The van der Waals surface area contributed by atoms with Crippen LogP contribution in [0, 0.1) is 0 Å². The predicted molar refractivity (Wildman–Crippen MR) is 61.2 cm³/mol. The number of unbranched alkanes of at least 4 members (excludes halogenated alkanes) is 2. The molecule has 1 N–H and O–H groups in total. The molecule has 2 heteroatoms. The lowest BCUT2D eigenvalue weighted by Gasteiger charge is -2.16. The molecule has 0 saturated heterocycles. The molecule has 0 aliphatic carbocycles. The van der Waals surface area contributed by atoms with Crippen LogP contribution in [0.4, 0.5) is 0 Å². The van der Waals surface area contributed by atoms with E-state index in [2.05, 4.69) is 25.7 Å². The van der Waals surface area contributed by atoms with Gasteiger partial charge in [-0.15, -0.1) is 0 Å². The van der Waals surface area contributed by atoms with Crippen molar-refractivity contribution >= 4 is 5.91 Å². The number of hydrogen-bond acceptors (Lipinski definition) is 1. The van der Waals surface area contributed by atoms with Gasteiger partial charge in [0.15, 0.2) is 0 Å². The van der Waals surface area contributed by atoms with Crippen LogP contribution in [-0.2, 0) is 4.79 Å². The Balaban J connectivity index is 3.78. The van der Waals surface area contributed by atoms with Gasteiger partial charge >= 0.3 is 0 Å². The smallest absolute Gasteiger partial charge is 0.246 e. The number of hydrogen-bond donors (Lipinski definition) is 1. The van der Waals surface area contributed by atoms with E-state index in [-0.39, 0.29) is 5.91 Å². The summed E-state index contributed by atoms with van der Waals surface area (Å²) in [4.78, 5) is 11.3. The highest BCUT2D eigenvalue weighted by Crippen LogP contribution is 2.06. The van der Waals surface area contributed by atoms with E-state index in [9.17, 15) is 4.79 Å². The minimum Gasteiger partial charge on any atom is -0.350 e. The van der Waals surface area contributed by atoms with Crippen LogP contribution in [0.2, 0.25) is 0 Å². The van der Waals surface area contributed by atoms with Crippen molar-refractivity contribution in [2.24, 2.45) is 0 Å². The molecule has 0 spiro atoms. The Bertz CT molecular complexity index is 187. The SMILES string of the molecule is C=C(C)C(=O)NC(CC)CCCCC. The van der Waals surface area contributed by atoms with Crippen LogP contribution in [0.25, 0.3) is 0 Å². The fourth-order valence-electron chi connectivity index (χ4n) is 1.33. The van der Waals surface area contributed by atoms with Crippen molar-refractivity contribution in [2.45, 2.75) is 58.9 Å². The molecule has 0 heterocycles. The van der Waals surface area contributed by atoms with Crippen LogP contribution >= 0.6 is 0 Å². The molecular formula is C12H23NO. The fourth-order valence-corrected chi connectivity index (χ4v) is 1.33. The number of amides is 1. The zero-order chi connectivity index (χ0) is 11.0. The average molecular weight is 197 g/mol. The highest BCUT2D eigenvalue weighted by molar-refractivity contribution is 5.92. The first-order valence-corrected chi connectivity index (χ1v) is 5.58. The Morgan fingerprint density at radius 3 is 2.43 bits per heavy atom. The Hall–Kier alpha value is -0.790. The third-order valence-electron chi connectivity index (χ3n) is 2.37. The molecule has 1 atom stereocenters. The standard InChI is InChI=1S/C12H23NO/c1-5-7-8-9-11(6-2)13-12(14)10(3)4/h11H,3,5-9H2,1-2,4H3,(H,13,14). The van der Waals surface area contributed by atoms with Gasteiger partial charge in [0.1, 0.15) is 0 Å². The molecule has 82 valence electrons. The molecule has 0 bridgehead atoms. The van der Waals surface area contributed by atoms with Gasteiger partial charge in [0.05, 0.1) is 0 Å². The van der Waals surface area contributed by atoms with Gasteiger partial charge in [-0.05, 0) is 19.8 Å². The maximum atomic E-state index is 11.3. The van der Waals surface area contributed by atoms with Gasteiger partial charge in [0.25, 0.3) is 0 Å². The van der Waals surface area contributed by atoms with Crippen molar-refractivity contribution in [3.05, 3.63) is 12.2 Å². The minimum absolute atomic E-state index is 0.00616. The van der Waals surface area contributed by atoms with E-state index in [4.69, 9.17) is 0 Å². The zero-order valence-corrected chi connectivity index (χ0v) is 9.73. The molecule has 2 nitrogen and oxygen atoms in total. The van der Waals surface area contributed by atoms with Crippen LogP contribution in [0.15, 0.2) is 12.2 Å². The lowest BCUT2D eigenvalue weighted by Crippen LogP contribution is -2.34. The van der Waals surface area contributed by atoms with Crippen molar-refractivity contribution in [1.82, 2.24) is 5.32 Å². The summed E-state index contributed by atoms with van der Waals surface area (Å²) in [5.74, 6) is -0.00616. The lowest BCUT2D eigenvalue weighted by molar-refractivity contribution is -0.118. The van der Waals surface area contributed by atoms with Crippen molar-refractivity contribution in [3.63, 3.8) is 0 Å². The Labute approximate surface area is 87.8 Å².